The minimum Gasteiger partial charge on any atom is -0.476 e. The van der Waals surface area contributed by atoms with Gasteiger partial charge in [-0.15, -0.1) is 5.10 Å². The first-order valence-electron chi connectivity index (χ1n) is 7.35. The summed E-state index contributed by atoms with van der Waals surface area (Å²) in [4.78, 5) is 11.1. The number of carboxylic acid groups (broad SMARTS) is 1. The fraction of sp³-hybridized carbons (Fsp3) is 0.786. The van der Waals surface area contributed by atoms with E-state index in [1.807, 2.05) is 0 Å². The average molecular weight is 283 g/mol. The Morgan fingerprint density at radius 2 is 1.95 bits per heavy atom. The lowest BCUT2D eigenvalue weighted by atomic mass is 10.1. The zero-order valence-electron chi connectivity index (χ0n) is 12.5. The van der Waals surface area contributed by atoms with E-state index in [4.69, 9.17) is 9.84 Å². The summed E-state index contributed by atoms with van der Waals surface area (Å²) in [6.45, 7) is 3.40. The van der Waals surface area contributed by atoms with Crippen LogP contribution in [-0.2, 0) is 17.7 Å². The Morgan fingerprint density at radius 3 is 2.60 bits per heavy atom. The molecule has 0 bridgehead atoms. The lowest BCUT2D eigenvalue weighted by Gasteiger charge is -2.06. The molecule has 0 unspecified atom stereocenters. The Labute approximate surface area is 120 Å². The number of aromatic nitrogens is 3. The van der Waals surface area contributed by atoms with Gasteiger partial charge in [0, 0.05) is 20.1 Å². The number of aromatic carboxylic acids is 1. The molecule has 1 aromatic rings. The second kappa shape index (κ2) is 9.47. The molecule has 0 spiro atoms. The summed E-state index contributed by atoms with van der Waals surface area (Å²) in [5.41, 5.74) is 0.709. The molecule has 0 aliphatic rings. The van der Waals surface area contributed by atoms with E-state index in [1.54, 1.807) is 11.8 Å². The SMILES string of the molecule is CCCCCCCCn1nnc(C(=O)O)c1CCOC. The number of carboxylic acids is 1. The molecule has 0 radical (unpaired) electrons. The smallest absolute Gasteiger partial charge is 0.358 e. The molecule has 1 heterocycles. The third-order valence-corrected chi connectivity index (χ3v) is 3.31. The Kier molecular flexibility index (Phi) is 7.87. The van der Waals surface area contributed by atoms with Gasteiger partial charge >= 0.3 is 5.97 Å². The maximum Gasteiger partial charge on any atom is 0.358 e. The third kappa shape index (κ3) is 5.28. The highest BCUT2D eigenvalue weighted by Gasteiger charge is 2.18. The summed E-state index contributed by atoms with van der Waals surface area (Å²) >= 11 is 0. The molecule has 0 amide bonds. The van der Waals surface area contributed by atoms with Gasteiger partial charge in [-0.2, -0.15) is 0 Å². The summed E-state index contributed by atoms with van der Waals surface area (Å²) in [5, 5.41) is 16.8. The van der Waals surface area contributed by atoms with Gasteiger partial charge in [-0.3, -0.25) is 0 Å². The topological polar surface area (TPSA) is 77.2 Å². The predicted molar refractivity (Wildman–Crippen MR) is 75.9 cm³/mol. The van der Waals surface area contributed by atoms with Crippen LogP contribution >= 0.6 is 0 Å². The van der Waals surface area contributed by atoms with Crippen molar-refractivity contribution < 1.29 is 14.6 Å². The minimum absolute atomic E-state index is 0.0491. The van der Waals surface area contributed by atoms with Crippen molar-refractivity contribution in [2.45, 2.75) is 58.4 Å². The number of hydrogen-bond acceptors (Lipinski definition) is 4. The molecular formula is C14H25N3O3. The number of carbonyl (C=O) groups is 1. The van der Waals surface area contributed by atoms with Gasteiger partial charge in [0.1, 0.15) is 0 Å². The molecule has 6 heteroatoms. The molecule has 114 valence electrons. The number of rotatable bonds is 11. The van der Waals surface area contributed by atoms with Crippen molar-refractivity contribution in [2.75, 3.05) is 13.7 Å². The lowest BCUT2D eigenvalue weighted by Crippen LogP contribution is -2.11. The Bertz CT molecular complexity index is 404. The molecule has 20 heavy (non-hydrogen) atoms. The van der Waals surface area contributed by atoms with E-state index in [0.717, 1.165) is 19.4 Å². The van der Waals surface area contributed by atoms with E-state index in [9.17, 15) is 4.79 Å². The number of aryl methyl sites for hydroxylation is 1. The van der Waals surface area contributed by atoms with E-state index in [0.29, 0.717) is 18.7 Å². The first-order chi connectivity index (χ1) is 9.70. The second-order valence-corrected chi connectivity index (χ2v) is 4.92. The maximum atomic E-state index is 11.1. The number of methoxy groups -OCH3 is 1. The Balaban J connectivity index is 2.49. The summed E-state index contributed by atoms with van der Waals surface area (Å²) in [6, 6.07) is 0. The highest BCUT2D eigenvalue weighted by molar-refractivity contribution is 5.86. The molecule has 0 aliphatic heterocycles. The quantitative estimate of drug-likeness (QED) is 0.631. The van der Waals surface area contributed by atoms with Crippen LogP contribution in [0.5, 0.6) is 0 Å². The van der Waals surface area contributed by atoms with Crippen molar-refractivity contribution in [2.24, 2.45) is 0 Å². The van der Waals surface area contributed by atoms with E-state index < -0.39 is 5.97 Å². The van der Waals surface area contributed by atoms with Crippen LogP contribution in [-0.4, -0.2) is 39.8 Å². The van der Waals surface area contributed by atoms with Crippen molar-refractivity contribution in [3.8, 4) is 0 Å². The van der Waals surface area contributed by atoms with Crippen LogP contribution in [0.25, 0.3) is 0 Å². The van der Waals surface area contributed by atoms with Crippen LogP contribution in [0.2, 0.25) is 0 Å². The molecule has 0 aromatic carbocycles. The molecular weight excluding hydrogens is 258 g/mol. The Morgan fingerprint density at radius 1 is 1.25 bits per heavy atom. The minimum atomic E-state index is -1.02. The standard InChI is InChI=1S/C14H25N3O3/c1-3-4-5-6-7-8-10-17-12(9-11-20-2)13(14(18)19)15-16-17/h3-11H2,1-2H3,(H,18,19). The summed E-state index contributed by atoms with van der Waals surface area (Å²) < 4.78 is 6.72. The van der Waals surface area contributed by atoms with E-state index in [1.165, 1.54) is 25.7 Å². The van der Waals surface area contributed by atoms with Crippen LogP contribution in [0, 0.1) is 0 Å². The van der Waals surface area contributed by atoms with Gasteiger partial charge in [-0.1, -0.05) is 44.2 Å². The zero-order valence-corrected chi connectivity index (χ0v) is 12.5. The van der Waals surface area contributed by atoms with Crippen molar-refractivity contribution >= 4 is 5.97 Å². The van der Waals surface area contributed by atoms with Gasteiger partial charge in [0.15, 0.2) is 5.69 Å². The summed E-state index contributed by atoms with van der Waals surface area (Å²) in [6.07, 6.45) is 7.70. The number of ether oxygens (including phenoxy) is 1. The van der Waals surface area contributed by atoms with Crippen molar-refractivity contribution in [3.63, 3.8) is 0 Å². The Hall–Kier alpha value is -1.43. The highest BCUT2D eigenvalue weighted by Crippen LogP contribution is 2.10. The van der Waals surface area contributed by atoms with Gasteiger partial charge in [-0.25, -0.2) is 9.48 Å². The maximum absolute atomic E-state index is 11.1. The van der Waals surface area contributed by atoms with Gasteiger partial charge in [0.2, 0.25) is 0 Å². The van der Waals surface area contributed by atoms with Gasteiger partial charge in [0.05, 0.1) is 12.3 Å². The van der Waals surface area contributed by atoms with E-state index in [-0.39, 0.29) is 5.69 Å². The zero-order chi connectivity index (χ0) is 14.8. The third-order valence-electron chi connectivity index (χ3n) is 3.31. The molecule has 6 nitrogen and oxygen atoms in total. The van der Waals surface area contributed by atoms with Crippen molar-refractivity contribution in [3.05, 3.63) is 11.4 Å². The normalized spacial score (nSPS) is 10.9. The highest BCUT2D eigenvalue weighted by atomic mass is 16.5. The monoisotopic (exact) mass is 283 g/mol. The number of nitrogens with zero attached hydrogens (tertiary/aromatic N) is 3. The summed E-state index contributed by atoms with van der Waals surface area (Å²) in [5.74, 6) is -1.02. The fourth-order valence-corrected chi connectivity index (χ4v) is 2.17. The lowest BCUT2D eigenvalue weighted by molar-refractivity contribution is 0.0688. The van der Waals surface area contributed by atoms with Crippen molar-refractivity contribution in [1.29, 1.82) is 0 Å². The molecule has 1 N–H and O–H groups in total. The van der Waals surface area contributed by atoms with Crippen LogP contribution < -0.4 is 0 Å². The van der Waals surface area contributed by atoms with Crippen LogP contribution in [0.3, 0.4) is 0 Å². The molecule has 0 atom stereocenters. The number of unbranched alkanes of at least 4 members (excludes halogenated alkanes) is 5. The molecule has 0 saturated heterocycles. The first kappa shape index (κ1) is 16.6. The second-order valence-electron chi connectivity index (χ2n) is 4.92. The van der Waals surface area contributed by atoms with Gasteiger partial charge in [-0.05, 0) is 6.42 Å². The fourth-order valence-electron chi connectivity index (χ4n) is 2.17. The van der Waals surface area contributed by atoms with E-state index in [2.05, 4.69) is 17.2 Å². The van der Waals surface area contributed by atoms with E-state index >= 15 is 0 Å². The largest absolute Gasteiger partial charge is 0.476 e. The van der Waals surface area contributed by atoms with Crippen LogP contribution in [0.1, 0.15) is 61.6 Å². The molecule has 1 aromatic heterocycles. The predicted octanol–water partition coefficient (Wildman–Crippen LogP) is 2.53. The van der Waals surface area contributed by atoms with Gasteiger partial charge < -0.3 is 9.84 Å². The first-order valence-corrected chi connectivity index (χ1v) is 7.35. The molecule has 0 saturated carbocycles. The molecule has 1 rings (SSSR count). The average Bonchev–Trinajstić information content (AvgIpc) is 2.83. The number of hydrogen-bond donors (Lipinski definition) is 1. The molecule has 0 fully saturated rings. The van der Waals surface area contributed by atoms with Crippen LogP contribution in [0.15, 0.2) is 0 Å². The van der Waals surface area contributed by atoms with Crippen molar-refractivity contribution in [1.82, 2.24) is 15.0 Å². The summed E-state index contributed by atoms with van der Waals surface area (Å²) in [7, 11) is 1.60. The molecule has 0 aliphatic carbocycles. The van der Waals surface area contributed by atoms with Gasteiger partial charge in [0.25, 0.3) is 0 Å². The van der Waals surface area contributed by atoms with Crippen LogP contribution in [0.4, 0.5) is 0 Å².